The summed E-state index contributed by atoms with van der Waals surface area (Å²) in [6.07, 6.45) is 4.41. The number of carbonyl (C=O) groups is 3. The third-order valence-corrected chi connectivity index (χ3v) is 6.46. The van der Waals surface area contributed by atoms with Gasteiger partial charge in [-0.1, -0.05) is 0 Å². The Balaban J connectivity index is 1.38. The molecular weight excluding hydrogens is 322 g/mol. The minimum absolute atomic E-state index is 0.0340. The van der Waals surface area contributed by atoms with E-state index in [0.717, 1.165) is 32.2 Å². The molecule has 3 unspecified atom stereocenters. The van der Waals surface area contributed by atoms with Gasteiger partial charge < -0.3 is 19.4 Å². The molecule has 0 aromatic carbocycles. The van der Waals surface area contributed by atoms with Crippen LogP contribution in [0.3, 0.4) is 0 Å². The molecule has 4 aliphatic rings. The Labute approximate surface area is 148 Å². The highest BCUT2D eigenvalue weighted by atomic mass is 16.6. The van der Waals surface area contributed by atoms with Crippen LogP contribution in [0.25, 0.3) is 0 Å². The van der Waals surface area contributed by atoms with Crippen LogP contribution in [0.4, 0.5) is 4.79 Å². The van der Waals surface area contributed by atoms with Crippen molar-refractivity contribution in [2.24, 2.45) is 11.8 Å². The van der Waals surface area contributed by atoms with Crippen molar-refractivity contribution in [3.05, 3.63) is 0 Å². The van der Waals surface area contributed by atoms with Crippen molar-refractivity contribution in [3.63, 3.8) is 0 Å². The summed E-state index contributed by atoms with van der Waals surface area (Å²) in [4.78, 5) is 42.1. The lowest BCUT2D eigenvalue weighted by atomic mass is 9.84. The number of carbonyl (C=O) groups excluding carboxylic acids is 3. The molecule has 3 aliphatic heterocycles. The molecule has 1 aliphatic carbocycles. The summed E-state index contributed by atoms with van der Waals surface area (Å²) in [7, 11) is 0. The summed E-state index contributed by atoms with van der Waals surface area (Å²) in [5.74, 6) is 0.653. The summed E-state index contributed by atoms with van der Waals surface area (Å²) < 4.78 is 5.86. The highest BCUT2D eigenvalue weighted by molar-refractivity contribution is 5.81. The number of piperidine rings is 2. The van der Waals surface area contributed by atoms with Crippen molar-refractivity contribution in [2.75, 3.05) is 32.7 Å². The van der Waals surface area contributed by atoms with Gasteiger partial charge in [0.05, 0.1) is 0 Å². The normalized spacial score (nSPS) is 34.8. The van der Waals surface area contributed by atoms with E-state index >= 15 is 0 Å². The third kappa shape index (κ3) is 2.98. The van der Waals surface area contributed by atoms with Crippen LogP contribution in [0.1, 0.15) is 39.0 Å². The Morgan fingerprint density at radius 3 is 2.44 bits per heavy atom. The lowest BCUT2D eigenvalue weighted by molar-refractivity contribution is -0.143. The van der Waals surface area contributed by atoms with Crippen molar-refractivity contribution < 1.29 is 19.1 Å². The molecule has 4 rings (SSSR count). The van der Waals surface area contributed by atoms with E-state index in [0.29, 0.717) is 38.5 Å². The molecule has 3 amide bonds. The van der Waals surface area contributed by atoms with Gasteiger partial charge in [-0.15, -0.1) is 0 Å². The number of nitrogens with zero attached hydrogens (tertiary/aromatic N) is 3. The van der Waals surface area contributed by atoms with Crippen molar-refractivity contribution in [2.45, 2.75) is 51.2 Å². The molecule has 3 saturated heterocycles. The van der Waals surface area contributed by atoms with E-state index in [-0.39, 0.29) is 36.0 Å². The fourth-order valence-electron chi connectivity index (χ4n) is 5.09. The highest BCUT2D eigenvalue weighted by Gasteiger charge is 2.52. The average molecular weight is 349 g/mol. The van der Waals surface area contributed by atoms with Crippen LogP contribution in [0.5, 0.6) is 0 Å². The maximum atomic E-state index is 12.6. The second-order valence-electron chi connectivity index (χ2n) is 7.84. The molecule has 1 saturated carbocycles. The Hall–Kier alpha value is -1.79. The highest BCUT2D eigenvalue weighted by Crippen LogP contribution is 2.45. The largest absolute Gasteiger partial charge is 0.446 e. The van der Waals surface area contributed by atoms with E-state index in [2.05, 4.69) is 4.90 Å². The van der Waals surface area contributed by atoms with Gasteiger partial charge in [-0.3, -0.25) is 9.59 Å². The van der Waals surface area contributed by atoms with E-state index in [4.69, 9.17) is 4.74 Å². The number of fused-ring (bicyclic) bond motifs is 4. The van der Waals surface area contributed by atoms with Crippen LogP contribution in [0.15, 0.2) is 0 Å². The molecule has 0 N–H and O–H groups in total. The number of amides is 3. The van der Waals surface area contributed by atoms with Gasteiger partial charge in [0.25, 0.3) is 0 Å². The second kappa shape index (κ2) is 6.50. The van der Waals surface area contributed by atoms with Crippen molar-refractivity contribution >= 4 is 17.9 Å². The summed E-state index contributed by atoms with van der Waals surface area (Å²) in [6, 6.07) is 0.257. The molecule has 2 bridgehead atoms. The molecule has 4 fully saturated rings. The predicted molar refractivity (Wildman–Crippen MR) is 89.7 cm³/mol. The number of hydrogen-bond donors (Lipinski definition) is 0. The Bertz CT molecular complexity index is 573. The summed E-state index contributed by atoms with van der Waals surface area (Å²) in [5, 5.41) is 0. The van der Waals surface area contributed by atoms with E-state index in [1.807, 2.05) is 0 Å². The smallest absolute Gasteiger partial charge is 0.410 e. The second-order valence-corrected chi connectivity index (χ2v) is 7.84. The molecule has 4 atom stereocenters. The Kier molecular flexibility index (Phi) is 4.33. The van der Waals surface area contributed by atoms with Crippen LogP contribution in [-0.2, 0) is 14.3 Å². The minimum atomic E-state index is -0.282. The van der Waals surface area contributed by atoms with Gasteiger partial charge in [0.2, 0.25) is 11.8 Å². The van der Waals surface area contributed by atoms with Crippen molar-refractivity contribution in [1.82, 2.24) is 14.7 Å². The Morgan fingerprint density at radius 1 is 1.00 bits per heavy atom. The fraction of sp³-hybridized carbons (Fsp3) is 0.833. The number of rotatable bonds is 1. The van der Waals surface area contributed by atoms with Crippen LogP contribution >= 0.6 is 0 Å². The quantitative estimate of drug-likeness (QED) is 0.710. The van der Waals surface area contributed by atoms with Crippen LogP contribution in [0.2, 0.25) is 0 Å². The van der Waals surface area contributed by atoms with Gasteiger partial charge >= 0.3 is 6.09 Å². The zero-order chi connectivity index (χ0) is 17.6. The molecule has 138 valence electrons. The molecule has 0 aromatic heterocycles. The van der Waals surface area contributed by atoms with Gasteiger partial charge in [-0.2, -0.15) is 0 Å². The van der Waals surface area contributed by atoms with E-state index in [1.54, 1.807) is 16.7 Å². The van der Waals surface area contributed by atoms with Crippen LogP contribution in [0, 0.1) is 11.8 Å². The lowest BCUT2D eigenvalue weighted by Gasteiger charge is -2.43. The third-order valence-electron chi connectivity index (χ3n) is 6.46. The monoisotopic (exact) mass is 349 g/mol. The van der Waals surface area contributed by atoms with Crippen molar-refractivity contribution in [3.8, 4) is 0 Å². The zero-order valence-electron chi connectivity index (χ0n) is 14.9. The molecule has 3 heterocycles. The maximum absolute atomic E-state index is 12.6. The predicted octanol–water partition coefficient (Wildman–Crippen LogP) is 1.08. The first kappa shape index (κ1) is 16.7. The standard InChI is InChI=1S/C18H27N3O4/c1-12(22)19-6-8-20(9-7-19)18(24)25-16-11-13-10-14(16)15-4-2-3-5-21(15)17(13)23/h13-16H,2-11H2,1H3/t13?,14?,15-,16?/m1/s1. The summed E-state index contributed by atoms with van der Waals surface area (Å²) >= 11 is 0. The molecule has 0 spiro atoms. The SMILES string of the molecule is CC(=O)N1CCN(C(=O)OC2CC3CC2[C@H]2CCCCN2C3=O)CC1. The summed E-state index contributed by atoms with van der Waals surface area (Å²) in [6.45, 7) is 4.59. The topological polar surface area (TPSA) is 70.2 Å². The fourth-order valence-corrected chi connectivity index (χ4v) is 5.09. The van der Waals surface area contributed by atoms with E-state index in [1.165, 1.54) is 0 Å². The molecule has 7 heteroatoms. The van der Waals surface area contributed by atoms with Gasteiger partial charge in [0.1, 0.15) is 6.10 Å². The molecule has 7 nitrogen and oxygen atoms in total. The number of ether oxygens (including phenoxy) is 1. The summed E-state index contributed by atoms with van der Waals surface area (Å²) in [5.41, 5.74) is 0. The molecular formula is C18H27N3O4. The Morgan fingerprint density at radius 2 is 1.72 bits per heavy atom. The van der Waals surface area contributed by atoms with Gasteiger partial charge in [0, 0.05) is 57.5 Å². The average Bonchev–Trinajstić information content (AvgIpc) is 3.00. The van der Waals surface area contributed by atoms with Gasteiger partial charge in [-0.05, 0) is 32.1 Å². The molecule has 0 radical (unpaired) electrons. The van der Waals surface area contributed by atoms with Crippen LogP contribution in [-0.4, -0.2) is 77.5 Å². The first-order valence-corrected chi connectivity index (χ1v) is 9.56. The minimum Gasteiger partial charge on any atom is -0.446 e. The first-order chi connectivity index (χ1) is 12.0. The number of piperazine rings is 1. The molecule has 25 heavy (non-hydrogen) atoms. The van der Waals surface area contributed by atoms with E-state index < -0.39 is 0 Å². The van der Waals surface area contributed by atoms with Gasteiger partial charge in [-0.25, -0.2) is 4.79 Å². The lowest BCUT2D eigenvalue weighted by Crippen LogP contribution is -2.53. The first-order valence-electron chi connectivity index (χ1n) is 9.56. The van der Waals surface area contributed by atoms with E-state index in [9.17, 15) is 14.4 Å². The molecule has 0 aromatic rings. The maximum Gasteiger partial charge on any atom is 0.410 e. The van der Waals surface area contributed by atoms with Crippen LogP contribution < -0.4 is 0 Å². The number of hydrogen-bond acceptors (Lipinski definition) is 4. The van der Waals surface area contributed by atoms with Crippen molar-refractivity contribution in [1.29, 1.82) is 0 Å². The van der Waals surface area contributed by atoms with Gasteiger partial charge in [0.15, 0.2) is 0 Å². The zero-order valence-corrected chi connectivity index (χ0v) is 14.9.